The van der Waals surface area contributed by atoms with Crippen molar-refractivity contribution in [1.29, 1.82) is 0 Å². The summed E-state index contributed by atoms with van der Waals surface area (Å²) in [6, 6.07) is 0. The monoisotopic (exact) mass is 226 g/mol. The Bertz CT molecular complexity index is 88.4. The second-order valence-electron chi connectivity index (χ2n) is 1.82. The molecule has 0 spiro atoms. The standard InChI is InChI=1S/C5H11IN2/c1-5(4-6)7-8(2)3/h4H2,1-3H3/b7-5-. The Kier molecular flexibility index (Phi) is 4.22. The van der Waals surface area contributed by atoms with Gasteiger partial charge in [-0.3, -0.25) is 0 Å². The molecule has 0 aliphatic carbocycles. The van der Waals surface area contributed by atoms with Gasteiger partial charge in [-0.25, -0.2) is 0 Å². The van der Waals surface area contributed by atoms with Crippen molar-refractivity contribution in [3.05, 3.63) is 0 Å². The van der Waals surface area contributed by atoms with Gasteiger partial charge in [-0.05, 0) is 6.92 Å². The number of halogens is 1. The fourth-order valence-corrected chi connectivity index (χ4v) is 0.521. The molecular weight excluding hydrogens is 215 g/mol. The lowest BCUT2D eigenvalue weighted by molar-refractivity contribution is 0.437. The molecular formula is C5H11IN2. The van der Waals surface area contributed by atoms with Gasteiger partial charge in [0, 0.05) is 24.2 Å². The SMILES string of the molecule is C/C(CI)=N/N(C)C. The van der Waals surface area contributed by atoms with Crippen molar-refractivity contribution in [3.63, 3.8) is 0 Å². The summed E-state index contributed by atoms with van der Waals surface area (Å²) in [5, 5.41) is 5.95. The first-order valence-electron chi connectivity index (χ1n) is 2.44. The van der Waals surface area contributed by atoms with Crippen LogP contribution in [0.15, 0.2) is 5.10 Å². The summed E-state index contributed by atoms with van der Waals surface area (Å²) < 4.78 is 1.01. The van der Waals surface area contributed by atoms with E-state index in [-0.39, 0.29) is 0 Å². The van der Waals surface area contributed by atoms with Crippen molar-refractivity contribution in [2.24, 2.45) is 5.10 Å². The maximum Gasteiger partial charge on any atom is 0.0446 e. The van der Waals surface area contributed by atoms with Gasteiger partial charge in [0.2, 0.25) is 0 Å². The van der Waals surface area contributed by atoms with Crippen LogP contribution >= 0.6 is 22.6 Å². The van der Waals surface area contributed by atoms with Gasteiger partial charge in [-0.2, -0.15) is 5.10 Å². The molecule has 0 amide bonds. The summed E-state index contributed by atoms with van der Waals surface area (Å²) in [5.41, 5.74) is 1.16. The second-order valence-corrected chi connectivity index (χ2v) is 2.58. The zero-order valence-electron chi connectivity index (χ0n) is 5.48. The van der Waals surface area contributed by atoms with E-state index in [2.05, 4.69) is 27.7 Å². The summed E-state index contributed by atoms with van der Waals surface area (Å²) in [6.07, 6.45) is 0. The van der Waals surface area contributed by atoms with Crippen LogP contribution in [-0.2, 0) is 0 Å². The summed E-state index contributed by atoms with van der Waals surface area (Å²) >= 11 is 2.29. The molecule has 0 heterocycles. The third-order valence-corrected chi connectivity index (χ3v) is 1.67. The first-order chi connectivity index (χ1) is 3.66. The van der Waals surface area contributed by atoms with E-state index in [0.29, 0.717) is 0 Å². The van der Waals surface area contributed by atoms with E-state index in [9.17, 15) is 0 Å². The zero-order chi connectivity index (χ0) is 6.57. The number of alkyl halides is 1. The molecule has 0 aliphatic heterocycles. The molecule has 0 saturated heterocycles. The maximum atomic E-state index is 4.14. The number of hydrogen-bond acceptors (Lipinski definition) is 2. The lowest BCUT2D eigenvalue weighted by Crippen LogP contribution is -2.06. The first-order valence-corrected chi connectivity index (χ1v) is 3.96. The minimum absolute atomic E-state index is 1.01. The highest BCUT2D eigenvalue weighted by Gasteiger charge is 1.84. The molecule has 0 rings (SSSR count). The molecule has 0 atom stereocenters. The van der Waals surface area contributed by atoms with Gasteiger partial charge in [0.1, 0.15) is 0 Å². The van der Waals surface area contributed by atoms with Crippen molar-refractivity contribution in [3.8, 4) is 0 Å². The number of rotatable bonds is 2. The van der Waals surface area contributed by atoms with Crippen LogP contribution in [0, 0.1) is 0 Å². The van der Waals surface area contributed by atoms with E-state index in [1.54, 1.807) is 0 Å². The molecule has 0 unspecified atom stereocenters. The van der Waals surface area contributed by atoms with Crippen LogP contribution in [0.5, 0.6) is 0 Å². The van der Waals surface area contributed by atoms with Gasteiger partial charge < -0.3 is 5.01 Å². The second kappa shape index (κ2) is 4.12. The van der Waals surface area contributed by atoms with Crippen LogP contribution in [0.25, 0.3) is 0 Å². The molecule has 0 aromatic heterocycles. The summed E-state index contributed by atoms with van der Waals surface area (Å²) in [5.74, 6) is 0. The quantitative estimate of drug-likeness (QED) is 0.300. The van der Waals surface area contributed by atoms with Crippen LogP contribution in [-0.4, -0.2) is 29.2 Å². The maximum absolute atomic E-state index is 4.14. The van der Waals surface area contributed by atoms with Crippen molar-refractivity contribution in [2.45, 2.75) is 6.92 Å². The average molecular weight is 226 g/mol. The van der Waals surface area contributed by atoms with Crippen molar-refractivity contribution >= 4 is 28.3 Å². The van der Waals surface area contributed by atoms with Gasteiger partial charge in [0.05, 0.1) is 0 Å². The van der Waals surface area contributed by atoms with Gasteiger partial charge in [-0.1, -0.05) is 22.6 Å². The number of hydrogen-bond donors (Lipinski definition) is 0. The third-order valence-electron chi connectivity index (χ3n) is 0.564. The molecule has 0 N–H and O–H groups in total. The summed E-state index contributed by atoms with van der Waals surface area (Å²) in [6.45, 7) is 2.02. The Labute approximate surface area is 64.1 Å². The van der Waals surface area contributed by atoms with Crippen molar-refractivity contribution < 1.29 is 0 Å². The Hall–Kier alpha value is 0.200. The van der Waals surface area contributed by atoms with Gasteiger partial charge in [0.25, 0.3) is 0 Å². The highest BCUT2D eigenvalue weighted by Crippen LogP contribution is 1.86. The fourth-order valence-electron chi connectivity index (χ4n) is 0.368. The lowest BCUT2D eigenvalue weighted by Gasteiger charge is -2.03. The van der Waals surface area contributed by atoms with Crippen LogP contribution in [0.2, 0.25) is 0 Å². The lowest BCUT2D eigenvalue weighted by atomic mass is 10.5. The Morgan fingerprint density at radius 2 is 2.12 bits per heavy atom. The fraction of sp³-hybridized carbons (Fsp3) is 0.800. The van der Waals surface area contributed by atoms with Gasteiger partial charge in [-0.15, -0.1) is 0 Å². The number of nitrogens with zero attached hydrogens (tertiary/aromatic N) is 2. The Morgan fingerprint density at radius 1 is 1.62 bits per heavy atom. The molecule has 0 aromatic carbocycles. The van der Waals surface area contributed by atoms with E-state index in [1.165, 1.54) is 0 Å². The van der Waals surface area contributed by atoms with E-state index < -0.39 is 0 Å². The molecule has 0 radical (unpaired) electrons. The highest BCUT2D eigenvalue weighted by atomic mass is 127. The molecule has 0 fully saturated rings. The summed E-state index contributed by atoms with van der Waals surface area (Å²) in [7, 11) is 3.85. The average Bonchev–Trinajstić information content (AvgIpc) is 1.65. The smallest absolute Gasteiger partial charge is 0.0446 e. The third kappa shape index (κ3) is 4.36. The van der Waals surface area contributed by atoms with E-state index in [0.717, 1.165) is 10.1 Å². The molecule has 0 saturated carbocycles. The molecule has 3 heteroatoms. The predicted molar refractivity (Wildman–Crippen MR) is 45.7 cm³/mol. The molecule has 2 nitrogen and oxygen atoms in total. The van der Waals surface area contributed by atoms with Crippen LogP contribution in [0.4, 0.5) is 0 Å². The predicted octanol–water partition coefficient (Wildman–Crippen LogP) is 1.36. The highest BCUT2D eigenvalue weighted by molar-refractivity contribution is 14.1. The first kappa shape index (κ1) is 8.20. The molecule has 0 aromatic rings. The topological polar surface area (TPSA) is 15.6 Å². The molecule has 0 aliphatic rings. The largest absolute Gasteiger partial charge is 0.303 e. The Balaban J connectivity index is 3.56. The normalized spacial score (nSPS) is 11.8. The number of hydrazone groups is 1. The van der Waals surface area contributed by atoms with E-state index >= 15 is 0 Å². The zero-order valence-corrected chi connectivity index (χ0v) is 7.64. The minimum Gasteiger partial charge on any atom is -0.303 e. The van der Waals surface area contributed by atoms with Crippen molar-refractivity contribution in [2.75, 3.05) is 18.5 Å². The van der Waals surface area contributed by atoms with Crippen LogP contribution in [0.3, 0.4) is 0 Å². The van der Waals surface area contributed by atoms with Gasteiger partial charge in [0.15, 0.2) is 0 Å². The molecule has 48 valence electrons. The molecule has 0 bridgehead atoms. The minimum atomic E-state index is 1.01. The van der Waals surface area contributed by atoms with Gasteiger partial charge >= 0.3 is 0 Å². The van der Waals surface area contributed by atoms with Crippen LogP contribution < -0.4 is 0 Å². The van der Waals surface area contributed by atoms with E-state index in [4.69, 9.17) is 0 Å². The van der Waals surface area contributed by atoms with E-state index in [1.807, 2.05) is 26.0 Å². The van der Waals surface area contributed by atoms with Crippen LogP contribution in [0.1, 0.15) is 6.92 Å². The molecule has 8 heavy (non-hydrogen) atoms. The summed E-state index contributed by atoms with van der Waals surface area (Å²) in [4.78, 5) is 0. The Morgan fingerprint density at radius 3 is 2.25 bits per heavy atom. The van der Waals surface area contributed by atoms with Crippen molar-refractivity contribution in [1.82, 2.24) is 5.01 Å².